The van der Waals surface area contributed by atoms with Crippen molar-refractivity contribution in [1.82, 2.24) is 0 Å². The number of carbonyl (C=O) groups excluding carboxylic acids is 2. The highest BCUT2D eigenvalue weighted by Crippen LogP contribution is 2.34. The molecule has 32 heavy (non-hydrogen) atoms. The second kappa shape index (κ2) is 9.44. The van der Waals surface area contributed by atoms with Gasteiger partial charge >= 0.3 is 5.97 Å². The van der Waals surface area contributed by atoms with E-state index in [0.29, 0.717) is 22.9 Å². The van der Waals surface area contributed by atoms with Gasteiger partial charge in [0, 0.05) is 22.3 Å². The van der Waals surface area contributed by atoms with Gasteiger partial charge in [-0.1, -0.05) is 12.1 Å². The lowest BCUT2D eigenvalue weighted by Crippen LogP contribution is -2.16. The maximum atomic E-state index is 12.4. The first-order chi connectivity index (χ1) is 15.5. The van der Waals surface area contributed by atoms with Crippen molar-refractivity contribution in [2.45, 2.75) is 4.90 Å². The summed E-state index contributed by atoms with van der Waals surface area (Å²) in [5, 5.41) is 14.7. The molecule has 0 bridgehead atoms. The van der Waals surface area contributed by atoms with E-state index in [1.165, 1.54) is 23.9 Å². The molecule has 1 aliphatic rings. The number of nitrogens with one attached hydrogen (secondary N) is 2. The first kappa shape index (κ1) is 21.3. The van der Waals surface area contributed by atoms with Gasteiger partial charge in [0.2, 0.25) is 12.7 Å². The Hall–Kier alpha value is -3.98. The molecule has 0 saturated carbocycles. The van der Waals surface area contributed by atoms with E-state index in [2.05, 4.69) is 10.6 Å². The lowest BCUT2D eigenvalue weighted by molar-refractivity contribution is -0.113. The third-order valence-corrected chi connectivity index (χ3v) is 5.55. The van der Waals surface area contributed by atoms with Crippen LogP contribution in [0.5, 0.6) is 11.5 Å². The number of rotatable bonds is 7. The number of ether oxygens (including phenoxy) is 2. The average molecular weight is 450 g/mol. The van der Waals surface area contributed by atoms with Gasteiger partial charge in [0.05, 0.1) is 16.9 Å². The fourth-order valence-corrected chi connectivity index (χ4v) is 3.72. The van der Waals surface area contributed by atoms with Crippen LogP contribution in [0.15, 0.2) is 71.6 Å². The topological polar surface area (TPSA) is 114 Å². The van der Waals surface area contributed by atoms with Crippen molar-refractivity contribution in [2.24, 2.45) is 0 Å². The van der Waals surface area contributed by atoms with Crippen molar-refractivity contribution in [3.8, 4) is 11.5 Å². The molecule has 0 atom stereocenters. The Kier molecular flexibility index (Phi) is 6.27. The second-order valence-corrected chi connectivity index (χ2v) is 7.78. The standard InChI is InChI=1S/C23H18N2O6S/c26-21(24-15-7-10-19-20(11-15)31-13-30-19)12-32-16-8-5-14(6-9-16)25-22(27)17-3-1-2-4-18(17)23(28)29/h1-11H,12-13H2,(H,24,26)(H,25,27)(H,28,29). The fraction of sp³-hybridized carbons (Fsp3) is 0.0870. The summed E-state index contributed by atoms with van der Waals surface area (Å²) in [6, 6.07) is 18.2. The Morgan fingerprint density at radius 2 is 1.53 bits per heavy atom. The highest BCUT2D eigenvalue weighted by molar-refractivity contribution is 8.00. The molecule has 2 amide bonds. The molecular formula is C23H18N2O6S. The second-order valence-electron chi connectivity index (χ2n) is 6.73. The van der Waals surface area contributed by atoms with E-state index in [9.17, 15) is 19.5 Å². The minimum absolute atomic E-state index is 0.0642. The third kappa shape index (κ3) is 5.01. The molecule has 0 radical (unpaired) electrons. The quantitative estimate of drug-likeness (QED) is 0.465. The molecule has 0 aromatic heterocycles. The van der Waals surface area contributed by atoms with E-state index >= 15 is 0 Å². The number of fused-ring (bicyclic) bond motifs is 1. The Bertz CT molecular complexity index is 1180. The lowest BCUT2D eigenvalue weighted by atomic mass is 10.1. The van der Waals surface area contributed by atoms with Crippen LogP contribution in [0.2, 0.25) is 0 Å². The predicted molar refractivity (Wildman–Crippen MR) is 120 cm³/mol. The van der Waals surface area contributed by atoms with Crippen LogP contribution in [0, 0.1) is 0 Å². The number of hydrogen-bond acceptors (Lipinski definition) is 6. The minimum atomic E-state index is -1.17. The summed E-state index contributed by atoms with van der Waals surface area (Å²) in [6.45, 7) is 0.172. The van der Waals surface area contributed by atoms with Crippen LogP contribution in [0.3, 0.4) is 0 Å². The van der Waals surface area contributed by atoms with Gasteiger partial charge in [-0.15, -0.1) is 11.8 Å². The number of benzene rings is 3. The van der Waals surface area contributed by atoms with Crippen LogP contribution < -0.4 is 20.1 Å². The Morgan fingerprint density at radius 3 is 2.28 bits per heavy atom. The predicted octanol–water partition coefficient (Wildman–Crippen LogP) is 4.10. The fourth-order valence-electron chi connectivity index (χ4n) is 3.02. The zero-order chi connectivity index (χ0) is 22.5. The van der Waals surface area contributed by atoms with Gasteiger partial charge < -0.3 is 25.2 Å². The molecule has 0 unspecified atom stereocenters. The van der Waals surface area contributed by atoms with E-state index in [-0.39, 0.29) is 29.6 Å². The zero-order valence-corrected chi connectivity index (χ0v) is 17.5. The number of hydrogen-bond donors (Lipinski definition) is 3. The van der Waals surface area contributed by atoms with Crippen molar-refractivity contribution in [2.75, 3.05) is 23.2 Å². The van der Waals surface area contributed by atoms with Crippen LogP contribution in [0.1, 0.15) is 20.7 Å². The first-order valence-corrected chi connectivity index (χ1v) is 10.5. The molecule has 3 aromatic carbocycles. The third-order valence-electron chi connectivity index (χ3n) is 4.54. The summed E-state index contributed by atoms with van der Waals surface area (Å²) in [5.41, 5.74) is 1.16. The Balaban J connectivity index is 1.30. The van der Waals surface area contributed by atoms with Crippen LogP contribution in [0.4, 0.5) is 11.4 Å². The molecule has 1 aliphatic heterocycles. The molecule has 4 rings (SSSR count). The summed E-state index contributed by atoms with van der Waals surface area (Å²) in [5.74, 6) is -0.397. The summed E-state index contributed by atoms with van der Waals surface area (Å²) in [6.07, 6.45) is 0. The van der Waals surface area contributed by atoms with Gasteiger partial charge in [-0.05, 0) is 48.5 Å². The maximum Gasteiger partial charge on any atom is 0.336 e. The van der Waals surface area contributed by atoms with Gasteiger partial charge in [0.1, 0.15) is 0 Å². The van der Waals surface area contributed by atoms with Crippen LogP contribution in [-0.4, -0.2) is 35.4 Å². The highest BCUT2D eigenvalue weighted by Gasteiger charge is 2.16. The largest absolute Gasteiger partial charge is 0.478 e. The number of aromatic carboxylic acids is 1. The van der Waals surface area contributed by atoms with Crippen molar-refractivity contribution >= 4 is 40.9 Å². The minimum Gasteiger partial charge on any atom is -0.478 e. The Labute approximate surface area is 187 Å². The van der Waals surface area contributed by atoms with Gasteiger partial charge in [-0.3, -0.25) is 9.59 Å². The number of carboxylic acids is 1. The van der Waals surface area contributed by atoms with Crippen LogP contribution in [-0.2, 0) is 4.79 Å². The lowest BCUT2D eigenvalue weighted by Gasteiger charge is -2.09. The average Bonchev–Trinajstić information content (AvgIpc) is 3.26. The number of anilines is 2. The van der Waals surface area contributed by atoms with Crippen molar-refractivity contribution in [3.63, 3.8) is 0 Å². The molecule has 3 N–H and O–H groups in total. The van der Waals surface area contributed by atoms with E-state index in [1.807, 2.05) is 0 Å². The van der Waals surface area contributed by atoms with Crippen molar-refractivity contribution in [3.05, 3.63) is 77.9 Å². The van der Waals surface area contributed by atoms with E-state index in [0.717, 1.165) is 4.90 Å². The molecule has 0 saturated heterocycles. The first-order valence-electron chi connectivity index (χ1n) is 9.55. The smallest absolute Gasteiger partial charge is 0.336 e. The number of carbonyl (C=O) groups is 3. The van der Waals surface area contributed by atoms with Crippen LogP contribution in [0.25, 0.3) is 0 Å². The molecule has 0 fully saturated rings. The summed E-state index contributed by atoms with van der Waals surface area (Å²) < 4.78 is 10.5. The van der Waals surface area contributed by atoms with E-state index < -0.39 is 11.9 Å². The van der Waals surface area contributed by atoms with Crippen LogP contribution >= 0.6 is 11.8 Å². The van der Waals surface area contributed by atoms with Gasteiger partial charge in [0.25, 0.3) is 5.91 Å². The van der Waals surface area contributed by atoms with Gasteiger partial charge in [0.15, 0.2) is 11.5 Å². The molecule has 0 aliphatic carbocycles. The van der Waals surface area contributed by atoms with E-state index in [4.69, 9.17) is 9.47 Å². The SMILES string of the molecule is O=C(CSc1ccc(NC(=O)c2ccccc2C(=O)O)cc1)Nc1ccc2c(c1)OCO2. The molecule has 8 nitrogen and oxygen atoms in total. The molecule has 9 heteroatoms. The van der Waals surface area contributed by atoms with Gasteiger partial charge in [-0.2, -0.15) is 0 Å². The van der Waals surface area contributed by atoms with Gasteiger partial charge in [-0.25, -0.2) is 4.79 Å². The normalized spacial score (nSPS) is 11.6. The summed E-state index contributed by atoms with van der Waals surface area (Å²) >= 11 is 1.35. The maximum absolute atomic E-state index is 12.4. The monoisotopic (exact) mass is 450 g/mol. The highest BCUT2D eigenvalue weighted by atomic mass is 32.2. The Morgan fingerprint density at radius 1 is 0.844 bits per heavy atom. The number of amides is 2. The number of thioether (sulfide) groups is 1. The zero-order valence-electron chi connectivity index (χ0n) is 16.7. The number of carboxylic acid groups (broad SMARTS) is 1. The molecular weight excluding hydrogens is 432 g/mol. The molecule has 3 aromatic rings. The summed E-state index contributed by atoms with van der Waals surface area (Å²) in [7, 11) is 0. The van der Waals surface area contributed by atoms with E-state index in [1.54, 1.807) is 54.6 Å². The molecule has 162 valence electrons. The molecule has 0 spiro atoms. The van der Waals surface area contributed by atoms with Crippen molar-refractivity contribution < 1.29 is 29.0 Å². The van der Waals surface area contributed by atoms with Crippen molar-refractivity contribution in [1.29, 1.82) is 0 Å². The summed E-state index contributed by atoms with van der Waals surface area (Å²) in [4.78, 5) is 36.8. The molecule has 1 heterocycles.